The van der Waals surface area contributed by atoms with E-state index in [2.05, 4.69) is 0 Å². The largest absolute Gasteiger partial charge is 0.466 e. The molecular formula is C19H23NO4. The topological polar surface area (TPSA) is 57.5 Å². The standard InChI is InChI=1S/C19H23NO4/c1-4-23-18(21)11-17-14(3)16(19(22)24-5-2)13-20(17)12-15-9-7-6-8-10-15/h6-10,13H,4-5,11-12H2,1-3H3. The Labute approximate surface area is 142 Å². The Kier molecular flexibility index (Phi) is 6.18. The van der Waals surface area contributed by atoms with E-state index in [1.807, 2.05) is 41.8 Å². The number of nitrogens with zero attached hydrogens (tertiary/aromatic N) is 1. The third kappa shape index (κ3) is 4.25. The number of benzene rings is 1. The lowest BCUT2D eigenvalue weighted by atomic mass is 10.1. The zero-order valence-electron chi connectivity index (χ0n) is 14.4. The fourth-order valence-corrected chi connectivity index (χ4v) is 2.62. The Bertz CT molecular complexity index is 704. The second kappa shape index (κ2) is 8.34. The first-order valence-electron chi connectivity index (χ1n) is 8.12. The van der Waals surface area contributed by atoms with Crippen LogP contribution in [0.1, 0.15) is 41.0 Å². The lowest BCUT2D eigenvalue weighted by Crippen LogP contribution is -2.13. The van der Waals surface area contributed by atoms with Crippen molar-refractivity contribution in [2.45, 2.75) is 33.7 Å². The van der Waals surface area contributed by atoms with E-state index in [0.717, 1.165) is 16.8 Å². The summed E-state index contributed by atoms with van der Waals surface area (Å²) in [6.07, 6.45) is 1.89. The van der Waals surface area contributed by atoms with Crippen molar-refractivity contribution in [1.29, 1.82) is 0 Å². The van der Waals surface area contributed by atoms with Crippen molar-refractivity contribution in [2.24, 2.45) is 0 Å². The fraction of sp³-hybridized carbons (Fsp3) is 0.368. The van der Waals surface area contributed by atoms with Gasteiger partial charge in [0.1, 0.15) is 0 Å². The van der Waals surface area contributed by atoms with Gasteiger partial charge in [0.2, 0.25) is 0 Å². The highest BCUT2D eigenvalue weighted by Crippen LogP contribution is 2.20. The minimum atomic E-state index is -0.369. The third-order valence-electron chi connectivity index (χ3n) is 3.78. The van der Waals surface area contributed by atoms with E-state index in [-0.39, 0.29) is 18.4 Å². The van der Waals surface area contributed by atoms with Crippen LogP contribution >= 0.6 is 0 Å². The monoisotopic (exact) mass is 329 g/mol. The summed E-state index contributed by atoms with van der Waals surface area (Å²) in [6.45, 7) is 6.61. The zero-order valence-corrected chi connectivity index (χ0v) is 14.4. The van der Waals surface area contributed by atoms with Gasteiger partial charge in [-0.05, 0) is 31.9 Å². The van der Waals surface area contributed by atoms with Crippen LogP contribution in [0.5, 0.6) is 0 Å². The Morgan fingerprint density at radius 2 is 1.71 bits per heavy atom. The summed E-state index contributed by atoms with van der Waals surface area (Å²) >= 11 is 0. The molecule has 0 saturated heterocycles. The van der Waals surface area contributed by atoms with E-state index in [4.69, 9.17) is 9.47 Å². The molecule has 5 heteroatoms. The van der Waals surface area contributed by atoms with Crippen LogP contribution in [0.15, 0.2) is 36.5 Å². The molecule has 0 saturated carbocycles. The minimum Gasteiger partial charge on any atom is -0.466 e. The first-order valence-corrected chi connectivity index (χ1v) is 8.12. The van der Waals surface area contributed by atoms with Gasteiger partial charge in [0.05, 0.1) is 25.2 Å². The number of esters is 2. The van der Waals surface area contributed by atoms with Crippen molar-refractivity contribution in [3.63, 3.8) is 0 Å². The van der Waals surface area contributed by atoms with E-state index in [1.165, 1.54) is 0 Å². The van der Waals surface area contributed by atoms with Crippen LogP contribution in [0.25, 0.3) is 0 Å². The van der Waals surface area contributed by atoms with Crippen LogP contribution in [0.2, 0.25) is 0 Å². The summed E-state index contributed by atoms with van der Waals surface area (Å²) in [7, 11) is 0. The molecule has 1 aromatic carbocycles. The molecule has 1 aromatic heterocycles. The Morgan fingerprint density at radius 1 is 1.04 bits per heavy atom. The molecule has 0 aliphatic rings. The molecule has 2 rings (SSSR count). The molecule has 1 heterocycles. The zero-order chi connectivity index (χ0) is 17.5. The molecule has 128 valence electrons. The molecule has 0 aliphatic carbocycles. The molecule has 5 nitrogen and oxygen atoms in total. The van der Waals surface area contributed by atoms with Crippen molar-refractivity contribution in [2.75, 3.05) is 13.2 Å². The Hall–Kier alpha value is -2.56. The van der Waals surface area contributed by atoms with Crippen molar-refractivity contribution >= 4 is 11.9 Å². The van der Waals surface area contributed by atoms with Gasteiger partial charge in [0.25, 0.3) is 0 Å². The minimum absolute atomic E-state index is 0.131. The van der Waals surface area contributed by atoms with Crippen LogP contribution in [0, 0.1) is 6.92 Å². The number of aromatic nitrogens is 1. The van der Waals surface area contributed by atoms with Crippen LogP contribution < -0.4 is 0 Å². The maximum atomic E-state index is 12.1. The SMILES string of the molecule is CCOC(=O)Cc1c(C)c(C(=O)OCC)cn1Cc1ccccc1. The lowest BCUT2D eigenvalue weighted by Gasteiger charge is -2.10. The Morgan fingerprint density at radius 3 is 2.33 bits per heavy atom. The second-order valence-electron chi connectivity index (χ2n) is 5.43. The smallest absolute Gasteiger partial charge is 0.339 e. The molecule has 0 atom stereocenters. The van der Waals surface area contributed by atoms with E-state index in [1.54, 1.807) is 20.0 Å². The van der Waals surface area contributed by atoms with Crippen LogP contribution in [0.4, 0.5) is 0 Å². The van der Waals surface area contributed by atoms with Crippen molar-refractivity contribution in [3.05, 3.63) is 58.9 Å². The highest BCUT2D eigenvalue weighted by Gasteiger charge is 2.21. The van der Waals surface area contributed by atoms with Crippen molar-refractivity contribution in [3.8, 4) is 0 Å². The van der Waals surface area contributed by atoms with Gasteiger partial charge in [-0.2, -0.15) is 0 Å². The highest BCUT2D eigenvalue weighted by atomic mass is 16.5. The van der Waals surface area contributed by atoms with Gasteiger partial charge in [-0.3, -0.25) is 4.79 Å². The molecule has 0 spiro atoms. The Balaban J connectivity index is 2.36. The quantitative estimate of drug-likeness (QED) is 0.732. The molecule has 2 aromatic rings. The van der Waals surface area contributed by atoms with Crippen LogP contribution in [-0.2, 0) is 27.2 Å². The lowest BCUT2D eigenvalue weighted by molar-refractivity contribution is -0.142. The number of ether oxygens (including phenoxy) is 2. The van der Waals surface area contributed by atoms with Gasteiger partial charge in [-0.25, -0.2) is 4.79 Å². The molecule has 0 aliphatic heterocycles. The van der Waals surface area contributed by atoms with E-state index >= 15 is 0 Å². The number of hydrogen-bond donors (Lipinski definition) is 0. The fourth-order valence-electron chi connectivity index (χ4n) is 2.62. The van der Waals surface area contributed by atoms with E-state index in [9.17, 15) is 9.59 Å². The van der Waals surface area contributed by atoms with Gasteiger partial charge in [0.15, 0.2) is 0 Å². The second-order valence-corrected chi connectivity index (χ2v) is 5.43. The van der Waals surface area contributed by atoms with Gasteiger partial charge >= 0.3 is 11.9 Å². The van der Waals surface area contributed by atoms with E-state index < -0.39 is 0 Å². The summed E-state index contributed by atoms with van der Waals surface area (Å²) in [4.78, 5) is 24.1. The summed E-state index contributed by atoms with van der Waals surface area (Å²) < 4.78 is 12.1. The van der Waals surface area contributed by atoms with Gasteiger partial charge in [0, 0.05) is 18.4 Å². The molecular weight excluding hydrogens is 306 g/mol. The highest BCUT2D eigenvalue weighted by molar-refractivity contribution is 5.91. The van der Waals surface area contributed by atoms with Gasteiger partial charge in [-0.1, -0.05) is 30.3 Å². The third-order valence-corrected chi connectivity index (χ3v) is 3.78. The van der Waals surface area contributed by atoms with Crippen molar-refractivity contribution < 1.29 is 19.1 Å². The number of rotatable bonds is 7. The molecule has 0 bridgehead atoms. The maximum Gasteiger partial charge on any atom is 0.339 e. The summed E-state index contributed by atoms with van der Waals surface area (Å²) in [5.41, 5.74) is 3.12. The van der Waals surface area contributed by atoms with Gasteiger partial charge in [-0.15, -0.1) is 0 Å². The first kappa shape index (κ1) is 17.8. The molecule has 0 amide bonds. The average molecular weight is 329 g/mol. The van der Waals surface area contributed by atoms with Crippen LogP contribution in [-0.4, -0.2) is 29.7 Å². The first-order chi connectivity index (χ1) is 11.6. The van der Waals surface area contributed by atoms with Gasteiger partial charge < -0.3 is 14.0 Å². The normalized spacial score (nSPS) is 10.5. The van der Waals surface area contributed by atoms with E-state index in [0.29, 0.717) is 25.3 Å². The summed E-state index contributed by atoms with van der Waals surface area (Å²) in [5.74, 6) is -0.671. The predicted octanol–water partition coefficient (Wildman–Crippen LogP) is 3.13. The summed E-state index contributed by atoms with van der Waals surface area (Å²) in [6, 6.07) is 9.89. The summed E-state index contributed by atoms with van der Waals surface area (Å²) in [5, 5.41) is 0. The molecule has 0 radical (unpaired) electrons. The molecule has 24 heavy (non-hydrogen) atoms. The predicted molar refractivity (Wildman–Crippen MR) is 91.0 cm³/mol. The average Bonchev–Trinajstić information content (AvgIpc) is 2.86. The van der Waals surface area contributed by atoms with Crippen molar-refractivity contribution in [1.82, 2.24) is 4.57 Å². The molecule has 0 fully saturated rings. The number of hydrogen-bond acceptors (Lipinski definition) is 4. The molecule has 0 unspecified atom stereocenters. The number of carbonyl (C=O) groups excluding carboxylic acids is 2. The number of carbonyl (C=O) groups is 2. The maximum absolute atomic E-state index is 12.1. The molecule has 0 N–H and O–H groups in total. The van der Waals surface area contributed by atoms with Crippen LogP contribution in [0.3, 0.4) is 0 Å².